The van der Waals surface area contributed by atoms with Crippen LogP contribution in [-0.4, -0.2) is 78.3 Å². The predicted octanol–water partition coefficient (Wildman–Crippen LogP) is 1.96. The van der Waals surface area contributed by atoms with Gasteiger partial charge in [0.2, 0.25) is 0 Å². The Bertz CT molecular complexity index is 925. The average Bonchev–Trinajstić information content (AvgIpc) is 2.79. The maximum atomic E-state index is 13.3. The van der Waals surface area contributed by atoms with Crippen molar-refractivity contribution in [2.24, 2.45) is 0 Å². The Morgan fingerprint density at radius 2 is 1.44 bits per heavy atom. The monoisotopic (exact) mass is 448 g/mol. The van der Waals surface area contributed by atoms with Crippen LogP contribution in [0.2, 0.25) is 0 Å². The Labute approximate surface area is 184 Å². The number of piperazine rings is 1. The molecule has 10 heteroatoms. The van der Waals surface area contributed by atoms with E-state index in [0.717, 1.165) is 18.7 Å². The SMILES string of the molecule is COc1cccc(OC)c1C(=O)N1CCN(Cc2cccc(F)c2)CC1.O=C(O)C(=O)O. The molecule has 1 heterocycles. The lowest BCUT2D eigenvalue weighted by molar-refractivity contribution is -0.159. The minimum absolute atomic E-state index is 0.0929. The largest absolute Gasteiger partial charge is 0.496 e. The number of benzene rings is 2. The minimum Gasteiger partial charge on any atom is -0.496 e. The van der Waals surface area contributed by atoms with Gasteiger partial charge in [-0.1, -0.05) is 18.2 Å². The molecule has 9 nitrogen and oxygen atoms in total. The third-order valence-corrected chi connectivity index (χ3v) is 4.78. The molecule has 1 aliphatic rings. The maximum absolute atomic E-state index is 13.3. The third-order valence-electron chi connectivity index (χ3n) is 4.78. The molecule has 0 aromatic heterocycles. The first kappa shape index (κ1) is 24.6. The number of hydrogen-bond acceptors (Lipinski definition) is 6. The van der Waals surface area contributed by atoms with Crippen LogP contribution in [0.5, 0.6) is 11.5 Å². The molecule has 2 aromatic rings. The van der Waals surface area contributed by atoms with E-state index in [1.807, 2.05) is 11.0 Å². The lowest BCUT2D eigenvalue weighted by Gasteiger charge is -2.35. The van der Waals surface area contributed by atoms with Crippen LogP contribution in [0, 0.1) is 5.82 Å². The molecule has 1 saturated heterocycles. The van der Waals surface area contributed by atoms with Crippen molar-refractivity contribution in [2.75, 3.05) is 40.4 Å². The van der Waals surface area contributed by atoms with Crippen LogP contribution < -0.4 is 9.47 Å². The molecule has 1 fully saturated rings. The Hall–Kier alpha value is -3.66. The summed E-state index contributed by atoms with van der Waals surface area (Å²) in [5.41, 5.74) is 1.40. The van der Waals surface area contributed by atoms with E-state index in [9.17, 15) is 9.18 Å². The molecule has 1 aliphatic heterocycles. The number of halogens is 1. The van der Waals surface area contributed by atoms with Gasteiger partial charge in [-0.05, 0) is 29.8 Å². The summed E-state index contributed by atoms with van der Waals surface area (Å²) in [4.78, 5) is 35.2. The number of ether oxygens (including phenoxy) is 2. The van der Waals surface area contributed by atoms with Crippen molar-refractivity contribution < 1.29 is 38.5 Å². The van der Waals surface area contributed by atoms with E-state index in [2.05, 4.69) is 4.90 Å². The van der Waals surface area contributed by atoms with Crippen LogP contribution in [0.15, 0.2) is 42.5 Å². The highest BCUT2D eigenvalue weighted by Crippen LogP contribution is 2.30. The van der Waals surface area contributed by atoms with Crippen LogP contribution in [0.1, 0.15) is 15.9 Å². The number of carbonyl (C=O) groups excluding carboxylic acids is 1. The zero-order valence-electron chi connectivity index (χ0n) is 17.8. The first-order valence-electron chi connectivity index (χ1n) is 9.70. The topological polar surface area (TPSA) is 117 Å². The summed E-state index contributed by atoms with van der Waals surface area (Å²) in [5.74, 6) is -2.94. The van der Waals surface area contributed by atoms with Gasteiger partial charge in [-0.15, -0.1) is 0 Å². The van der Waals surface area contributed by atoms with Gasteiger partial charge >= 0.3 is 11.9 Å². The first-order chi connectivity index (χ1) is 15.3. The number of aliphatic carboxylic acids is 2. The molecule has 2 aromatic carbocycles. The van der Waals surface area contributed by atoms with Crippen LogP contribution in [0.4, 0.5) is 4.39 Å². The van der Waals surface area contributed by atoms with Gasteiger partial charge in [-0.25, -0.2) is 14.0 Å². The molecule has 0 aliphatic carbocycles. The Morgan fingerprint density at radius 3 is 1.91 bits per heavy atom. The summed E-state index contributed by atoms with van der Waals surface area (Å²) in [6, 6.07) is 12.0. The molecule has 0 saturated carbocycles. The molecule has 3 rings (SSSR count). The van der Waals surface area contributed by atoms with Crippen LogP contribution in [-0.2, 0) is 16.1 Å². The van der Waals surface area contributed by atoms with Gasteiger partial charge in [-0.2, -0.15) is 0 Å². The fourth-order valence-corrected chi connectivity index (χ4v) is 3.22. The number of nitrogens with zero attached hydrogens (tertiary/aromatic N) is 2. The van der Waals surface area contributed by atoms with E-state index >= 15 is 0 Å². The normalized spacial score (nSPS) is 13.5. The summed E-state index contributed by atoms with van der Waals surface area (Å²) in [6.45, 7) is 3.36. The van der Waals surface area contributed by atoms with Crippen molar-refractivity contribution in [2.45, 2.75) is 6.54 Å². The minimum atomic E-state index is -1.82. The van der Waals surface area contributed by atoms with Crippen LogP contribution in [0.3, 0.4) is 0 Å². The van der Waals surface area contributed by atoms with Gasteiger partial charge in [0.1, 0.15) is 22.9 Å². The molecule has 172 valence electrons. The molecule has 1 amide bonds. The number of hydrogen-bond donors (Lipinski definition) is 2. The summed E-state index contributed by atoms with van der Waals surface area (Å²) >= 11 is 0. The molecule has 32 heavy (non-hydrogen) atoms. The quantitative estimate of drug-likeness (QED) is 0.667. The summed E-state index contributed by atoms with van der Waals surface area (Å²) < 4.78 is 24.0. The Morgan fingerprint density at radius 1 is 0.906 bits per heavy atom. The summed E-state index contributed by atoms with van der Waals surface area (Å²) in [6.07, 6.45) is 0. The number of carboxylic acids is 2. The van der Waals surface area contributed by atoms with Gasteiger partial charge in [0, 0.05) is 32.7 Å². The zero-order chi connectivity index (χ0) is 23.7. The Balaban J connectivity index is 0.000000534. The maximum Gasteiger partial charge on any atom is 0.414 e. The van der Waals surface area contributed by atoms with E-state index in [0.29, 0.717) is 36.7 Å². The number of amides is 1. The lowest BCUT2D eigenvalue weighted by atomic mass is 10.1. The zero-order valence-corrected chi connectivity index (χ0v) is 17.8. The second-order valence-corrected chi connectivity index (χ2v) is 6.85. The van der Waals surface area contributed by atoms with Crippen molar-refractivity contribution in [3.8, 4) is 11.5 Å². The highest BCUT2D eigenvalue weighted by atomic mass is 19.1. The van der Waals surface area contributed by atoms with E-state index in [4.69, 9.17) is 29.3 Å². The number of carbonyl (C=O) groups is 3. The molecule has 0 atom stereocenters. The van der Waals surface area contributed by atoms with Crippen LogP contribution >= 0.6 is 0 Å². The fourth-order valence-electron chi connectivity index (χ4n) is 3.22. The molecule has 0 radical (unpaired) electrons. The standard InChI is InChI=1S/C20H23FN2O3.C2H2O4/c1-25-17-7-4-8-18(26-2)19(17)20(24)23-11-9-22(10-12-23)14-15-5-3-6-16(21)13-15;3-1(4)2(5)6/h3-8,13H,9-12,14H2,1-2H3;(H,3,4)(H,5,6). The summed E-state index contributed by atoms with van der Waals surface area (Å²) in [7, 11) is 3.09. The van der Waals surface area contributed by atoms with E-state index in [1.54, 1.807) is 44.6 Å². The van der Waals surface area contributed by atoms with Crippen molar-refractivity contribution in [3.63, 3.8) is 0 Å². The molecule has 0 bridgehead atoms. The molecule has 0 spiro atoms. The summed E-state index contributed by atoms with van der Waals surface area (Å²) in [5, 5.41) is 14.8. The first-order valence-corrected chi connectivity index (χ1v) is 9.70. The molecule has 0 unspecified atom stereocenters. The molecular weight excluding hydrogens is 423 g/mol. The molecule has 2 N–H and O–H groups in total. The third kappa shape index (κ3) is 6.67. The fraction of sp³-hybridized carbons (Fsp3) is 0.318. The Kier molecular flexibility index (Phi) is 8.96. The van der Waals surface area contributed by atoms with E-state index in [-0.39, 0.29) is 11.7 Å². The second kappa shape index (κ2) is 11.7. The average molecular weight is 448 g/mol. The number of methoxy groups -OCH3 is 2. The van der Waals surface area contributed by atoms with Crippen LogP contribution in [0.25, 0.3) is 0 Å². The predicted molar refractivity (Wildman–Crippen MR) is 112 cm³/mol. The van der Waals surface area contributed by atoms with E-state index < -0.39 is 11.9 Å². The number of carboxylic acid groups (broad SMARTS) is 2. The van der Waals surface area contributed by atoms with Gasteiger partial charge in [0.15, 0.2) is 0 Å². The van der Waals surface area contributed by atoms with Gasteiger partial charge in [0.05, 0.1) is 14.2 Å². The highest BCUT2D eigenvalue weighted by molar-refractivity contribution is 6.27. The smallest absolute Gasteiger partial charge is 0.414 e. The second-order valence-electron chi connectivity index (χ2n) is 6.85. The van der Waals surface area contributed by atoms with Gasteiger partial charge in [-0.3, -0.25) is 9.69 Å². The van der Waals surface area contributed by atoms with Gasteiger partial charge in [0.25, 0.3) is 5.91 Å². The van der Waals surface area contributed by atoms with Crippen molar-refractivity contribution >= 4 is 17.8 Å². The number of rotatable bonds is 5. The van der Waals surface area contributed by atoms with Crippen molar-refractivity contribution in [3.05, 3.63) is 59.4 Å². The molecular formula is C22H25FN2O7. The lowest BCUT2D eigenvalue weighted by Crippen LogP contribution is -2.48. The van der Waals surface area contributed by atoms with Crippen molar-refractivity contribution in [1.82, 2.24) is 9.80 Å². The van der Waals surface area contributed by atoms with Crippen molar-refractivity contribution in [1.29, 1.82) is 0 Å². The van der Waals surface area contributed by atoms with E-state index in [1.165, 1.54) is 6.07 Å². The van der Waals surface area contributed by atoms with Gasteiger partial charge < -0.3 is 24.6 Å². The highest BCUT2D eigenvalue weighted by Gasteiger charge is 2.27.